The molecule has 3 heterocycles. The second-order valence-electron chi connectivity index (χ2n) is 14.3. The predicted molar refractivity (Wildman–Crippen MR) is 191 cm³/mol. The Balaban J connectivity index is 1.33. The molecule has 0 bridgehead atoms. The van der Waals surface area contributed by atoms with E-state index in [0.29, 0.717) is 33.0 Å². The van der Waals surface area contributed by atoms with Crippen LogP contribution in [0.4, 0.5) is 10.0 Å². The van der Waals surface area contributed by atoms with E-state index in [1.807, 2.05) is 0 Å². The van der Waals surface area contributed by atoms with E-state index in [1.165, 1.54) is 55.2 Å². The molecule has 48 heavy (non-hydrogen) atoms. The van der Waals surface area contributed by atoms with Crippen LogP contribution < -0.4 is 10.6 Å². The van der Waals surface area contributed by atoms with Crippen LogP contribution in [0.2, 0.25) is 0 Å². The summed E-state index contributed by atoms with van der Waals surface area (Å²) in [5.74, 6) is -0.892. The Morgan fingerprint density at radius 1 is 0.771 bits per heavy atom. The predicted octanol–water partition coefficient (Wildman–Crippen LogP) is 8.36. The number of pyridine rings is 1. The number of methoxy groups -OCH3 is 2. The van der Waals surface area contributed by atoms with Crippen LogP contribution in [0.15, 0.2) is 18.3 Å². The first-order chi connectivity index (χ1) is 22.7. The summed E-state index contributed by atoms with van der Waals surface area (Å²) in [7, 11) is 2.69. The number of carbonyl (C=O) groups is 4. The Morgan fingerprint density at radius 3 is 1.62 bits per heavy atom. The molecule has 0 fully saturated rings. The second kappa shape index (κ2) is 14.1. The van der Waals surface area contributed by atoms with Gasteiger partial charge >= 0.3 is 11.9 Å². The van der Waals surface area contributed by atoms with Crippen LogP contribution >= 0.6 is 22.7 Å². The first kappa shape index (κ1) is 35.7. The lowest BCUT2D eigenvalue weighted by Gasteiger charge is -2.36. The Kier molecular flexibility index (Phi) is 10.5. The summed E-state index contributed by atoms with van der Waals surface area (Å²) in [6.45, 7) is 13.5. The van der Waals surface area contributed by atoms with Crippen molar-refractivity contribution in [3.8, 4) is 0 Å². The van der Waals surface area contributed by atoms with E-state index in [9.17, 15) is 19.2 Å². The monoisotopic (exact) mass is 693 g/mol. The number of anilines is 2. The number of nitrogens with one attached hydrogen (secondary N) is 2. The van der Waals surface area contributed by atoms with E-state index >= 15 is 0 Å². The summed E-state index contributed by atoms with van der Waals surface area (Å²) in [5.41, 5.74) is 3.45. The average Bonchev–Trinajstić information content (AvgIpc) is 3.63. The van der Waals surface area contributed by atoms with Crippen molar-refractivity contribution < 1.29 is 28.7 Å². The maximum absolute atomic E-state index is 13.4. The molecule has 3 aromatic heterocycles. The van der Waals surface area contributed by atoms with Gasteiger partial charge in [-0.15, -0.1) is 22.7 Å². The van der Waals surface area contributed by atoms with Crippen molar-refractivity contribution in [2.45, 2.75) is 92.9 Å². The number of nitrogens with zero attached hydrogens (tertiary/aromatic N) is 1. The quantitative estimate of drug-likeness (QED) is 0.205. The molecule has 3 aromatic rings. The number of hydrogen-bond acceptors (Lipinski definition) is 9. The minimum atomic E-state index is -0.486. The maximum atomic E-state index is 13.4. The molecule has 2 aliphatic carbocycles. The molecule has 2 amide bonds. The van der Waals surface area contributed by atoms with Crippen LogP contribution in [0.1, 0.15) is 130 Å². The zero-order valence-electron chi connectivity index (χ0n) is 29.3. The fourth-order valence-corrected chi connectivity index (χ4v) is 9.52. The van der Waals surface area contributed by atoms with Crippen LogP contribution in [-0.4, -0.2) is 43.0 Å². The molecule has 11 heteroatoms. The minimum Gasteiger partial charge on any atom is -0.465 e. The van der Waals surface area contributed by atoms with Crippen molar-refractivity contribution in [1.29, 1.82) is 0 Å². The van der Waals surface area contributed by atoms with Gasteiger partial charge in [0.2, 0.25) is 0 Å². The van der Waals surface area contributed by atoms with Gasteiger partial charge in [-0.3, -0.25) is 14.6 Å². The standard InChI is InChI=1S/C37H47N3O6S2/c1-9-36(3,4)21-12-14-23-26(17-21)47-32(28(23)34(43)45-7)39-30(41)20-11-16-25(38-19-20)31(42)40-33-29(35(44)46-8)24-15-13-22(18-27(24)48-33)37(5,6)10-2/h11,16,19,21-22H,9-10,12-15,17-18H2,1-8H3,(H,39,41)(H,40,42). The van der Waals surface area contributed by atoms with Crippen LogP contribution in [0.3, 0.4) is 0 Å². The summed E-state index contributed by atoms with van der Waals surface area (Å²) in [5, 5.41) is 6.73. The number of aromatic nitrogens is 1. The molecule has 0 saturated heterocycles. The van der Waals surface area contributed by atoms with E-state index < -0.39 is 23.8 Å². The highest BCUT2D eigenvalue weighted by molar-refractivity contribution is 7.17. The second-order valence-corrected chi connectivity index (χ2v) is 16.5. The number of fused-ring (bicyclic) bond motifs is 2. The van der Waals surface area contributed by atoms with Gasteiger partial charge in [-0.25, -0.2) is 9.59 Å². The molecule has 258 valence electrons. The number of thiophene rings is 2. The normalized spacial score (nSPS) is 17.6. The summed E-state index contributed by atoms with van der Waals surface area (Å²) < 4.78 is 10.2. The lowest BCUT2D eigenvalue weighted by atomic mass is 9.69. The Hall–Kier alpha value is -3.57. The van der Waals surface area contributed by atoms with Gasteiger partial charge in [0.25, 0.3) is 11.8 Å². The van der Waals surface area contributed by atoms with Gasteiger partial charge in [-0.2, -0.15) is 0 Å². The van der Waals surface area contributed by atoms with Crippen molar-refractivity contribution in [2.24, 2.45) is 22.7 Å². The molecule has 0 aromatic carbocycles. The number of esters is 2. The Labute approximate surface area is 291 Å². The molecular weight excluding hydrogens is 647 g/mol. The number of ether oxygens (including phenoxy) is 2. The molecule has 5 rings (SSSR count). The third-order valence-electron chi connectivity index (χ3n) is 11.1. The van der Waals surface area contributed by atoms with Gasteiger partial charge in [-0.1, -0.05) is 54.4 Å². The van der Waals surface area contributed by atoms with Gasteiger partial charge in [0.15, 0.2) is 0 Å². The molecule has 0 spiro atoms. The smallest absolute Gasteiger partial charge is 0.341 e. The van der Waals surface area contributed by atoms with Crippen molar-refractivity contribution in [2.75, 3.05) is 24.9 Å². The fourth-order valence-electron chi connectivity index (χ4n) is 6.90. The van der Waals surface area contributed by atoms with E-state index in [4.69, 9.17) is 9.47 Å². The summed E-state index contributed by atoms with van der Waals surface area (Å²) in [6.07, 6.45) is 8.63. The summed E-state index contributed by atoms with van der Waals surface area (Å²) in [4.78, 5) is 58.9. The van der Waals surface area contributed by atoms with Gasteiger partial charge in [0.1, 0.15) is 15.7 Å². The molecule has 9 nitrogen and oxygen atoms in total. The van der Waals surface area contributed by atoms with Crippen LogP contribution in [0.25, 0.3) is 0 Å². The highest BCUT2D eigenvalue weighted by Crippen LogP contribution is 2.47. The van der Waals surface area contributed by atoms with E-state index in [-0.39, 0.29) is 22.1 Å². The third-order valence-corrected chi connectivity index (χ3v) is 13.4. The van der Waals surface area contributed by atoms with E-state index in [1.54, 1.807) is 0 Å². The Morgan fingerprint density at radius 2 is 1.23 bits per heavy atom. The van der Waals surface area contributed by atoms with Gasteiger partial charge < -0.3 is 20.1 Å². The third kappa shape index (κ3) is 6.94. The molecule has 2 atom stereocenters. The number of rotatable bonds is 10. The lowest BCUT2D eigenvalue weighted by Crippen LogP contribution is -2.28. The first-order valence-electron chi connectivity index (χ1n) is 16.8. The summed E-state index contributed by atoms with van der Waals surface area (Å²) in [6, 6.07) is 3.01. The fraction of sp³-hybridized carbons (Fsp3) is 0.541. The molecule has 0 radical (unpaired) electrons. The highest BCUT2D eigenvalue weighted by atomic mass is 32.1. The van der Waals surface area contributed by atoms with Crippen LogP contribution in [-0.2, 0) is 35.2 Å². The molecule has 0 saturated carbocycles. The topological polar surface area (TPSA) is 124 Å². The van der Waals surface area contributed by atoms with Gasteiger partial charge in [0, 0.05) is 16.0 Å². The maximum Gasteiger partial charge on any atom is 0.341 e. The lowest BCUT2D eigenvalue weighted by molar-refractivity contribution is 0.0591. The van der Waals surface area contributed by atoms with Crippen LogP contribution in [0.5, 0.6) is 0 Å². The van der Waals surface area contributed by atoms with Crippen molar-refractivity contribution >= 4 is 56.4 Å². The highest BCUT2D eigenvalue weighted by Gasteiger charge is 2.37. The molecule has 2 unspecified atom stereocenters. The van der Waals surface area contributed by atoms with Crippen molar-refractivity contribution in [3.63, 3.8) is 0 Å². The number of carbonyl (C=O) groups excluding carboxylic acids is 4. The molecule has 2 N–H and O–H groups in total. The van der Waals surface area contributed by atoms with Gasteiger partial charge in [0.05, 0.1) is 30.9 Å². The number of amides is 2. The Bertz CT molecular complexity index is 1590. The number of hydrogen-bond donors (Lipinski definition) is 2. The molecule has 2 aliphatic rings. The van der Waals surface area contributed by atoms with Crippen molar-refractivity contribution in [3.05, 3.63) is 61.6 Å². The first-order valence-corrected chi connectivity index (χ1v) is 18.4. The molecule has 0 aliphatic heterocycles. The summed E-state index contributed by atoms with van der Waals surface area (Å²) >= 11 is 2.86. The zero-order chi connectivity index (χ0) is 35.0. The largest absolute Gasteiger partial charge is 0.465 e. The molecular formula is C37H47N3O6S2. The minimum absolute atomic E-state index is 0.102. The SMILES string of the molecule is CCC(C)(C)C1CCc2c(sc(NC(=O)c3ccc(C(=O)Nc4sc5c(c4C(=O)OC)CCC(C(C)(C)CC)C5)nc3)c2C(=O)OC)C1. The van der Waals surface area contributed by atoms with Gasteiger partial charge in [-0.05, 0) is 84.5 Å². The average molecular weight is 694 g/mol. The van der Waals surface area contributed by atoms with E-state index in [0.717, 1.165) is 72.2 Å². The van der Waals surface area contributed by atoms with Crippen LogP contribution in [0, 0.1) is 22.7 Å². The van der Waals surface area contributed by atoms with E-state index in [2.05, 4.69) is 57.2 Å². The van der Waals surface area contributed by atoms with Crippen molar-refractivity contribution in [1.82, 2.24) is 4.98 Å². The zero-order valence-corrected chi connectivity index (χ0v) is 30.9.